The van der Waals surface area contributed by atoms with Crippen LogP contribution in [0, 0.1) is 0 Å². The first kappa shape index (κ1) is 15.0. The molecule has 1 unspecified atom stereocenters. The highest BCUT2D eigenvalue weighted by Crippen LogP contribution is 2.28. The Bertz CT molecular complexity index is 377. The summed E-state index contributed by atoms with van der Waals surface area (Å²) in [4.78, 5) is 0. The van der Waals surface area contributed by atoms with Crippen LogP contribution in [-0.4, -0.2) is 12.7 Å². The van der Waals surface area contributed by atoms with Gasteiger partial charge in [-0.25, -0.2) is 0 Å². The summed E-state index contributed by atoms with van der Waals surface area (Å²) in [5.74, 6) is 1.50. The Morgan fingerprint density at radius 3 is 2.39 bits per heavy atom. The Morgan fingerprint density at radius 1 is 1.22 bits per heavy atom. The minimum atomic E-state index is -0.180. The van der Waals surface area contributed by atoms with E-state index in [-0.39, 0.29) is 5.60 Å². The van der Waals surface area contributed by atoms with Gasteiger partial charge in [-0.1, -0.05) is 19.9 Å². The molecular weight excluding hydrogens is 224 g/mol. The molecule has 0 bridgehead atoms. The van der Waals surface area contributed by atoms with Gasteiger partial charge in [-0.15, -0.1) is 0 Å². The fraction of sp³-hybridized carbons (Fsp3) is 0.625. The van der Waals surface area contributed by atoms with Crippen molar-refractivity contribution in [1.82, 2.24) is 0 Å². The van der Waals surface area contributed by atoms with Gasteiger partial charge < -0.3 is 9.47 Å². The molecule has 0 saturated heterocycles. The topological polar surface area (TPSA) is 18.5 Å². The van der Waals surface area contributed by atoms with E-state index in [1.54, 1.807) is 7.11 Å². The van der Waals surface area contributed by atoms with Crippen LogP contribution in [0.5, 0.6) is 5.75 Å². The molecule has 0 aromatic heterocycles. The first-order valence-electron chi connectivity index (χ1n) is 6.68. The third-order valence-corrected chi connectivity index (χ3v) is 2.98. The largest absolute Gasteiger partial charge is 0.488 e. The van der Waals surface area contributed by atoms with Crippen LogP contribution in [0.25, 0.3) is 0 Å². The summed E-state index contributed by atoms with van der Waals surface area (Å²) in [6.45, 7) is 11.2. The van der Waals surface area contributed by atoms with Crippen LogP contribution in [0.15, 0.2) is 18.2 Å². The van der Waals surface area contributed by atoms with Gasteiger partial charge in [0.2, 0.25) is 0 Å². The summed E-state index contributed by atoms with van der Waals surface area (Å²) in [6.07, 6.45) is 1.14. The minimum Gasteiger partial charge on any atom is -0.488 e. The SMILES string of the molecule is CCC(C)c1ccc(OC(C)(C)C)c(COC)c1. The van der Waals surface area contributed by atoms with Crippen molar-refractivity contribution in [1.29, 1.82) is 0 Å². The zero-order chi connectivity index (χ0) is 13.8. The number of hydrogen-bond donors (Lipinski definition) is 0. The van der Waals surface area contributed by atoms with Gasteiger partial charge in [0, 0.05) is 12.7 Å². The fourth-order valence-electron chi connectivity index (χ4n) is 1.84. The van der Waals surface area contributed by atoms with E-state index in [4.69, 9.17) is 9.47 Å². The standard InChI is InChI=1S/C16H26O2/c1-7-12(2)13-8-9-15(18-16(3,4)5)14(10-13)11-17-6/h8-10,12H,7,11H2,1-6H3. The van der Waals surface area contributed by atoms with Crippen molar-refractivity contribution in [2.45, 2.75) is 59.2 Å². The quantitative estimate of drug-likeness (QED) is 0.764. The second-order valence-corrected chi connectivity index (χ2v) is 5.82. The van der Waals surface area contributed by atoms with Crippen molar-refractivity contribution in [3.63, 3.8) is 0 Å². The number of benzene rings is 1. The Morgan fingerprint density at radius 2 is 1.89 bits per heavy atom. The molecule has 2 heteroatoms. The molecule has 1 atom stereocenters. The van der Waals surface area contributed by atoms with Crippen LogP contribution >= 0.6 is 0 Å². The van der Waals surface area contributed by atoms with Crippen molar-refractivity contribution < 1.29 is 9.47 Å². The van der Waals surface area contributed by atoms with Crippen molar-refractivity contribution in [3.05, 3.63) is 29.3 Å². The molecule has 1 aromatic carbocycles. The Hall–Kier alpha value is -1.02. The maximum atomic E-state index is 5.97. The second kappa shape index (κ2) is 6.24. The fourth-order valence-corrected chi connectivity index (χ4v) is 1.84. The van der Waals surface area contributed by atoms with Crippen molar-refractivity contribution in [2.24, 2.45) is 0 Å². The normalized spacial score (nSPS) is 13.4. The predicted octanol–water partition coefficient (Wildman–Crippen LogP) is 4.52. The molecular formula is C16H26O2. The highest BCUT2D eigenvalue weighted by atomic mass is 16.5. The summed E-state index contributed by atoms with van der Waals surface area (Å²) in [6, 6.07) is 6.44. The molecule has 0 fully saturated rings. The van der Waals surface area contributed by atoms with Gasteiger partial charge in [0.1, 0.15) is 11.4 Å². The zero-order valence-corrected chi connectivity index (χ0v) is 12.5. The molecule has 102 valence electrons. The molecule has 0 saturated carbocycles. The molecule has 0 aliphatic rings. The summed E-state index contributed by atoms with van der Waals surface area (Å²) >= 11 is 0. The summed E-state index contributed by atoms with van der Waals surface area (Å²) in [7, 11) is 1.72. The Balaban J connectivity index is 3.04. The lowest BCUT2D eigenvalue weighted by molar-refractivity contribution is 0.121. The molecule has 0 radical (unpaired) electrons. The van der Waals surface area contributed by atoms with Crippen LogP contribution in [0.4, 0.5) is 0 Å². The lowest BCUT2D eigenvalue weighted by atomic mass is 9.96. The second-order valence-electron chi connectivity index (χ2n) is 5.82. The molecule has 0 aliphatic carbocycles. The van der Waals surface area contributed by atoms with Gasteiger partial charge in [0.05, 0.1) is 6.61 Å². The molecule has 2 nitrogen and oxygen atoms in total. The van der Waals surface area contributed by atoms with E-state index < -0.39 is 0 Å². The van der Waals surface area contributed by atoms with E-state index in [2.05, 4.69) is 52.8 Å². The van der Waals surface area contributed by atoms with Gasteiger partial charge in [-0.3, -0.25) is 0 Å². The van der Waals surface area contributed by atoms with Crippen LogP contribution in [-0.2, 0) is 11.3 Å². The van der Waals surface area contributed by atoms with Crippen LogP contribution in [0.1, 0.15) is 58.1 Å². The molecule has 1 rings (SSSR count). The highest BCUT2D eigenvalue weighted by Gasteiger charge is 2.15. The Labute approximate surface area is 111 Å². The first-order chi connectivity index (χ1) is 8.37. The first-order valence-corrected chi connectivity index (χ1v) is 6.68. The molecule has 0 N–H and O–H groups in total. The molecule has 18 heavy (non-hydrogen) atoms. The summed E-state index contributed by atoms with van der Waals surface area (Å²) in [5.41, 5.74) is 2.30. The molecule has 0 amide bonds. The predicted molar refractivity (Wildman–Crippen MR) is 76.2 cm³/mol. The van der Waals surface area contributed by atoms with Gasteiger partial charge in [-0.05, 0) is 50.8 Å². The number of methoxy groups -OCH3 is 1. The van der Waals surface area contributed by atoms with E-state index in [1.165, 1.54) is 5.56 Å². The lowest BCUT2D eigenvalue weighted by Gasteiger charge is -2.24. The smallest absolute Gasteiger partial charge is 0.125 e. The third-order valence-electron chi connectivity index (χ3n) is 2.98. The van der Waals surface area contributed by atoms with Gasteiger partial charge in [0.15, 0.2) is 0 Å². The number of rotatable bonds is 5. The van der Waals surface area contributed by atoms with E-state index in [0.29, 0.717) is 12.5 Å². The highest BCUT2D eigenvalue weighted by molar-refractivity contribution is 5.38. The van der Waals surface area contributed by atoms with E-state index in [1.807, 2.05) is 0 Å². The van der Waals surface area contributed by atoms with Crippen LogP contribution in [0.3, 0.4) is 0 Å². The van der Waals surface area contributed by atoms with Crippen molar-refractivity contribution in [3.8, 4) is 5.75 Å². The van der Waals surface area contributed by atoms with Crippen LogP contribution in [0.2, 0.25) is 0 Å². The summed E-state index contributed by atoms with van der Waals surface area (Å²) in [5, 5.41) is 0. The van der Waals surface area contributed by atoms with Gasteiger partial charge in [0.25, 0.3) is 0 Å². The van der Waals surface area contributed by atoms with E-state index >= 15 is 0 Å². The average molecular weight is 250 g/mol. The lowest BCUT2D eigenvalue weighted by Crippen LogP contribution is -2.23. The van der Waals surface area contributed by atoms with Gasteiger partial charge in [-0.2, -0.15) is 0 Å². The zero-order valence-electron chi connectivity index (χ0n) is 12.5. The minimum absolute atomic E-state index is 0.180. The number of ether oxygens (including phenoxy) is 2. The summed E-state index contributed by atoms with van der Waals surface area (Å²) < 4.78 is 11.2. The molecule has 1 aromatic rings. The Kier molecular flexibility index (Phi) is 5.21. The van der Waals surface area contributed by atoms with E-state index in [9.17, 15) is 0 Å². The maximum absolute atomic E-state index is 5.97. The average Bonchev–Trinajstić information content (AvgIpc) is 2.29. The van der Waals surface area contributed by atoms with Gasteiger partial charge >= 0.3 is 0 Å². The third kappa shape index (κ3) is 4.34. The molecule has 0 aliphatic heterocycles. The molecule has 0 spiro atoms. The van der Waals surface area contributed by atoms with Crippen LogP contribution < -0.4 is 4.74 Å². The monoisotopic (exact) mass is 250 g/mol. The maximum Gasteiger partial charge on any atom is 0.125 e. The molecule has 0 heterocycles. The van der Waals surface area contributed by atoms with Crippen molar-refractivity contribution in [2.75, 3.05) is 7.11 Å². The number of hydrogen-bond acceptors (Lipinski definition) is 2. The van der Waals surface area contributed by atoms with E-state index in [0.717, 1.165) is 17.7 Å². The van der Waals surface area contributed by atoms with Crippen molar-refractivity contribution >= 4 is 0 Å².